The van der Waals surface area contributed by atoms with E-state index in [2.05, 4.69) is 63.2 Å². The molecule has 0 spiro atoms. The van der Waals surface area contributed by atoms with Crippen LogP contribution >= 0.6 is 0 Å². The van der Waals surface area contributed by atoms with Crippen LogP contribution in [0.2, 0.25) is 8.26 Å². The molecular formula is C36H49BiIrNO2-. The number of pyridine rings is 1. The Hall–Kier alpha value is -1.41. The van der Waals surface area contributed by atoms with E-state index in [1.807, 2.05) is 33.9 Å². The van der Waals surface area contributed by atoms with Gasteiger partial charge in [-0.3, -0.25) is 4.79 Å². The summed E-state index contributed by atoms with van der Waals surface area (Å²) in [5, 5.41) is 12.3. The molecule has 2 aromatic carbocycles. The van der Waals surface area contributed by atoms with Gasteiger partial charge >= 0.3 is 160 Å². The monoisotopic (exact) mass is 929 g/mol. The molecule has 5 heteroatoms. The van der Waals surface area contributed by atoms with Crippen LogP contribution in [-0.2, 0) is 24.9 Å². The van der Waals surface area contributed by atoms with Gasteiger partial charge in [0.25, 0.3) is 0 Å². The minimum atomic E-state index is -1.44. The summed E-state index contributed by atoms with van der Waals surface area (Å²) in [6.45, 7) is 14.8. The predicted molar refractivity (Wildman–Crippen MR) is 173 cm³/mol. The van der Waals surface area contributed by atoms with E-state index in [4.69, 9.17) is 4.98 Å². The standard InChI is InChI=1S/C19H17N.C13H24O2.C4H8.Bi.Ir/c1-13(2)15-7-8-18-16(12-15)9-10-20-19(18)17-6-4-5-14(3)11-17;1-5-10(6-2)12(14)9-13(15)11(7-3)8-4;1-3-4-2;;/h5-10,12-13H,1-3H3;9-11,14H,5-8H2,1-4H3;1-4H2;;/q-1;;;;/b;12-9-;;;. The van der Waals surface area contributed by atoms with E-state index in [-0.39, 0.29) is 43.5 Å². The molecule has 3 aromatic rings. The third-order valence-corrected chi connectivity index (χ3v) is 18.8. The summed E-state index contributed by atoms with van der Waals surface area (Å²) >= 11 is -1.44. The number of fused-ring (bicyclic) bond motifs is 1. The number of aliphatic hydroxyl groups is 1. The zero-order valence-corrected chi connectivity index (χ0v) is 32.0. The van der Waals surface area contributed by atoms with Crippen LogP contribution in [-0.4, -0.2) is 37.6 Å². The summed E-state index contributed by atoms with van der Waals surface area (Å²) in [5.41, 5.74) is 4.95. The molecule has 1 aliphatic heterocycles. The number of hydrogen-bond donors (Lipinski definition) is 1. The first-order chi connectivity index (χ1) is 19.2. The van der Waals surface area contributed by atoms with Gasteiger partial charge in [0.2, 0.25) is 0 Å². The molecule has 1 aliphatic rings. The molecule has 0 bridgehead atoms. The fraction of sp³-hybridized carbons (Fsp3) is 0.500. The summed E-state index contributed by atoms with van der Waals surface area (Å²) in [4.78, 5) is 16.5. The summed E-state index contributed by atoms with van der Waals surface area (Å²) in [5.74, 6) is 1.10. The van der Waals surface area contributed by atoms with Gasteiger partial charge in [0.15, 0.2) is 5.78 Å². The molecule has 41 heavy (non-hydrogen) atoms. The van der Waals surface area contributed by atoms with E-state index in [9.17, 15) is 9.90 Å². The summed E-state index contributed by atoms with van der Waals surface area (Å²) in [7, 11) is 0. The van der Waals surface area contributed by atoms with Crippen molar-refractivity contribution in [3.8, 4) is 11.3 Å². The Morgan fingerprint density at radius 1 is 0.976 bits per heavy atom. The molecule has 1 aromatic heterocycles. The number of carbonyl (C=O) groups is 1. The van der Waals surface area contributed by atoms with Crippen molar-refractivity contribution >= 4 is 41.6 Å². The molecule has 1 N–H and O–H groups in total. The molecule has 2 heterocycles. The second-order valence-electron chi connectivity index (χ2n) is 11.4. The summed E-state index contributed by atoms with van der Waals surface area (Å²) in [6, 6.07) is 17.4. The van der Waals surface area contributed by atoms with E-state index in [0.29, 0.717) is 5.92 Å². The predicted octanol–water partition coefficient (Wildman–Crippen LogP) is 9.50. The van der Waals surface area contributed by atoms with Crippen molar-refractivity contribution in [1.82, 2.24) is 4.98 Å². The second kappa shape index (κ2) is 17.6. The number of carbonyl (C=O) groups excluding carboxylic acids is 1. The number of allylic oxidation sites excluding steroid dienone is 2. The van der Waals surface area contributed by atoms with Crippen molar-refractivity contribution in [2.45, 2.75) is 101 Å². The van der Waals surface area contributed by atoms with Crippen LogP contribution in [0.15, 0.2) is 54.4 Å². The maximum Gasteiger partial charge on any atom is 0 e. The minimum absolute atomic E-state index is 0. The van der Waals surface area contributed by atoms with Crippen LogP contribution in [0.5, 0.6) is 0 Å². The minimum Gasteiger partial charge on any atom is 0 e. The molecule has 0 amide bonds. The Balaban J connectivity index is 0.000000320. The van der Waals surface area contributed by atoms with Crippen LogP contribution in [0.25, 0.3) is 22.0 Å². The molecule has 225 valence electrons. The van der Waals surface area contributed by atoms with Crippen molar-refractivity contribution in [1.29, 1.82) is 0 Å². The molecule has 1 saturated heterocycles. The van der Waals surface area contributed by atoms with Crippen molar-refractivity contribution in [3.05, 3.63) is 71.6 Å². The molecule has 0 unspecified atom stereocenters. The average Bonchev–Trinajstić information content (AvgIpc) is 3.49. The van der Waals surface area contributed by atoms with Crippen LogP contribution in [0, 0.1) is 24.8 Å². The third kappa shape index (κ3) is 9.81. The quantitative estimate of drug-likeness (QED) is 0.0955. The molecular weight excluding hydrogens is 880 g/mol. The fourth-order valence-electron chi connectivity index (χ4n) is 5.53. The first-order valence-electron chi connectivity index (χ1n) is 15.3. The smallest absolute Gasteiger partial charge is 0 e. The van der Waals surface area contributed by atoms with Gasteiger partial charge in [-0.15, -0.1) is 0 Å². The van der Waals surface area contributed by atoms with Crippen LogP contribution < -0.4 is 3.27 Å². The largest absolute Gasteiger partial charge is 0 e. The normalized spacial score (nSPS) is 14.0. The molecule has 1 fully saturated rings. The Labute approximate surface area is 270 Å². The van der Waals surface area contributed by atoms with Crippen molar-refractivity contribution in [3.63, 3.8) is 0 Å². The Bertz CT molecular complexity index is 1290. The summed E-state index contributed by atoms with van der Waals surface area (Å²) < 4.78 is 4.73. The fourth-order valence-corrected chi connectivity index (χ4v) is 15.8. The Morgan fingerprint density at radius 2 is 1.61 bits per heavy atom. The van der Waals surface area contributed by atoms with Crippen LogP contribution in [0.3, 0.4) is 0 Å². The van der Waals surface area contributed by atoms with Crippen molar-refractivity contribution < 1.29 is 30.0 Å². The second-order valence-corrected chi connectivity index (χ2v) is 21.1. The molecule has 0 atom stereocenters. The van der Waals surface area contributed by atoms with Gasteiger partial charge in [0.1, 0.15) is 0 Å². The maximum absolute atomic E-state index is 11.7. The zero-order valence-electron chi connectivity index (χ0n) is 26.1. The first-order valence-corrected chi connectivity index (χ1v) is 22.0. The number of aliphatic hydroxyl groups excluding tert-OH is 1. The summed E-state index contributed by atoms with van der Waals surface area (Å²) in [6.07, 6.45) is 9.77. The van der Waals surface area contributed by atoms with Crippen LogP contribution in [0.4, 0.5) is 0 Å². The third-order valence-electron chi connectivity index (χ3n) is 8.25. The van der Waals surface area contributed by atoms with Crippen molar-refractivity contribution in [2.24, 2.45) is 11.8 Å². The molecule has 3 nitrogen and oxygen atoms in total. The number of ketones is 1. The van der Waals surface area contributed by atoms with E-state index in [1.54, 1.807) is 3.27 Å². The van der Waals surface area contributed by atoms with Gasteiger partial charge in [-0.25, -0.2) is 0 Å². The maximum atomic E-state index is 11.7. The zero-order chi connectivity index (χ0) is 29.2. The number of aromatic nitrogens is 1. The van der Waals surface area contributed by atoms with Gasteiger partial charge < -0.3 is 5.11 Å². The SMILES string of the molecule is CCC(CC)C(=O)/C=C(\O)C(CC)CC.Cc1[c-]c(-c2nccc3cc(C(C)C)ccc23)c[c]([Bi]2[CH2]CC[CH2]2)c1.[Ir]. The van der Waals surface area contributed by atoms with E-state index >= 15 is 0 Å². The van der Waals surface area contributed by atoms with E-state index < -0.39 is 21.8 Å². The number of rotatable bonds is 10. The van der Waals surface area contributed by atoms with E-state index in [1.165, 1.54) is 54.6 Å². The Kier molecular flexibility index (Phi) is 15.4. The molecule has 0 aliphatic carbocycles. The van der Waals surface area contributed by atoms with Gasteiger partial charge in [-0.1, -0.05) is 27.7 Å². The number of hydrogen-bond acceptors (Lipinski definition) is 3. The first kappa shape index (κ1) is 35.8. The van der Waals surface area contributed by atoms with Crippen molar-refractivity contribution in [2.75, 3.05) is 0 Å². The average molecular weight is 929 g/mol. The Morgan fingerprint density at radius 3 is 2.20 bits per heavy atom. The molecule has 0 saturated carbocycles. The number of benzene rings is 2. The number of nitrogens with zero attached hydrogens (tertiary/aromatic N) is 1. The van der Waals surface area contributed by atoms with Gasteiger partial charge in [-0.2, -0.15) is 0 Å². The number of aryl methyl sites for hydroxylation is 1. The topological polar surface area (TPSA) is 50.2 Å². The molecule has 1 radical (unpaired) electrons. The van der Waals surface area contributed by atoms with Crippen LogP contribution in [0.1, 0.15) is 97.1 Å². The molecule has 4 rings (SSSR count). The van der Waals surface area contributed by atoms with Gasteiger partial charge in [-0.05, 0) is 25.7 Å². The van der Waals surface area contributed by atoms with E-state index in [0.717, 1.165) is 31.4 Å². The van der Waals surface area contributed by atoms with Gasteiger partial charge in [0, 0.05) is 38.0 Å². The van der Waals surface area contributed by atoms with Gasteiger partial charge in [0.05, 0.1) is 5.76 Å².